The molecule has 2 saturated carbocycles. The Morgan fingerprint density at radius 1 is 0.875 bits per heavy atom. The Bertz CT molecular complexity index is 217. The minimum absolute atomic E-state index is 0.491. The normalized spacial score (nSPS) is 35.6. The SMILES string of the molecule is C1CCC(C2CNC3(CCCC3)CN2)CC1. The number of nitrogens with one attached hydrogen (secondary N) is 2. The van der Waals surface area contributed by atoms with Crippen molar-refractivity contribution in [2.24, 2.45) is 5.92 Å². The van der Waals surface area contributed by atoms with Crippen LogP contribution in [-0.2, 0) is 0 Å². The summed E-state index contributed by atoms with van der Waals surface area (Å²) in [6, 6.07) is 0.770. The highest BCUT2D eigenvalue weighted by molar-refractivity contribution is 5.00. The van der Waals surface area contributed by atoms with Crippen LogP contribution in [-0.4, -0.2) is 24.7 Å². The second-order valence-corrected chi connectivity index (χ2v) is 6.25. The van der Waals surface area contributed by atoms with Crippen LogP contribution < -0.4 is 10.6 Å². The average molecular weight is 222 g/mol. The first-order valence-corrected chi connectivity index (χ1v) is 7.36. The van der Waals surface area contributed by atoms with E-state index in [1.54, 1.807) is 0 Å². The molecule has 2 N–H and O–H groups in total. The van der Waals surface area contributed by atoms with Crippen molar-refractivity contribution < 1.29 is 0 Å². The van der Waals surface area contributed by atoms with Crippen LogP contribution >= 0.6 is 0 Å². The van der Waals surface area contributed by atoms with Crippen molar-refractivity contribution in [3.63, 3.8) is 0 Å². The summed E-state index contributed by atoms with van der Waals surface area (Å²) in [4.78, 5) is 0. The summed E-state index contributed by atoms with van der Waals surface area (Å²) in [5.41, 5.74) is 0.491. The van der Waals surface area contributed by atoms with Crippen LogP contribution in [0.5, 0.6) is 0 Å². The Morgan fingerprint density at radius 2 is 1.62 bits per heavy atom. The topological polar surface area (TPSA) is 24.1 Å². The molecule has 0 amide bonds. The molecule has 0 aromatic rings. The number of hydrogen-bond acceptors (Lipinski definition) is 2. The summed E-state index contributed by atoms with van der Waals surface area (Å²) >= 11 is 0. The van der Waals surface area contributed by atoms with Crippen molar-refractivity contribution in [2.75, 3.05) is 13.1 Å². The smallest absolute Gasteiger partial charge is 0.0307 e. The molecular weight excluding hydrogens is 196 g/mol. The van der Waals surface area contributed by atoms with E-state index in [9.17, 15) is 0 Å². The van der Waals surface area contributed by atoms with Crippen LogP contribution in [0.3, 0.4) is 0 Å². The van der Waals surface area contributed by atoms with Gasteiger partial charge in [0.25, 0.3) is 0 Å². The molecule has 3 aliphatic rings. The molecule has 16 heavy (non-hydrogen) atoms. The Morgan fingerprint density at radius 3 is 2.25 bits per heavy atom. The van der Waals surface area contributed by atoms with Gasteiger partial charge in [0.2, 0.25) is 0 Å². The average Bonchev–Trinajstić information content (AvgIpc) is 2.80. The van der Waals surface area contributed by atoms with Gasteiger partial charge in [-0.2, -0.15) is 0 Å². The Hall–Kier alpha value is -0.0800. The van der Waals surface area contributed by atoms with E-state index in [-0.39, 0.29) is 0 Å². The van der Waals surface area contributed by atoms with Gasteiger partial charge in [-0.05, 0) is 31.6 Å². The van der Waals surface area contributed by atoms with E-state index in [0.29, 0.717) is 5.54 Å². The second kappa shape index (κ2) is 4.66. The summed E-state index contributed by atoms with van der Waals surface area (Å²) in [5.74, 6) is 0.958. The van der Waals surface area contributed by atoms with Crippen LogP contribution in [0, 0.1) is 5.92 Å². The fraction of sp³-hybridized carbons (Fsp3) is 1.00. The lowest BCUT2D eigenvalue weighted by molar-refractivity contribution is 0.176. The predicted molar refractivity (Wildman–Crippen MR) is 67.6 cm³/mol. The molecule has 0 bridgehead atoms. The number of hydrogen-bond donors (Lipinski definition) is 2. The standard InChI is InChI=1S/C14H26N2/c1-2-6-12(7-3-1)13-10-16-14(11-15-13)8-4-5-9-14/h12-13,15-16H,1-11H2. The van der Waals surface area contributed by atoms with Crippen LogP contribution in [0.4, 0.5) is 0 Å². The van der Waals surface area contributed by atoms with E-state index in [4.69, 9.17) is 0 Å². The maximum Gasteiger partial charge on any atom is 0.0307 e. The van der Waals surface area contributed by atoms with Gasteiger partial charge in [-0.25, -0.2) is 0 Å². The molecule has 92 valence electrons. The summed E-state index contributed by atoms with van der Waals surface area (Å²) in [6.07, 6.45) is 13.0. The third-order valence-electron chi connectivity index (χ3n) is 5.18. The zero-order valence-electron chi connectivity index (χ0n) is 10.4. The van der Waals surface area contributed by atoms with Gasteiger partial charge >= 0.3 is 0 Å². The minimum Gasteiger partial charge on any atom is -0.311 e. The van der Waals surface area contributed by atoms with Crippen LogP contribution in [0.1, 0.15) is 57.8 Å². The molecule has 0 aromatic heterocycles. The van der Waals surface area contributed by atoms with Crippen LogP contribution in [0.25, 0.3) is 0 Å². The molecule has 0 aromatic carbocycles. The molecule has 1 heterocycles. The maximum atomic E-state index is 3.88. The number of rotatable bonds is 1. The molecule has 1 aliphatic heterocycles. The van der Waals surface area contributed by atoms with Crippen molar-refractivity contribution >= 4 is 0 Å². The zero-order chi connectivity index (χ0) is 10.8. The van der Waals surface area contributed by atoms with Gasteiger partial charge in [-0.1, -0.05) is 32.1 Å². The lowest BCUT2D eigenvalue weighted by Crippen LogP contribution is -2.63. The molecule has 2 aliphatic carbocycles. The maximum absolute atomic E-state index is 3.88. The largest absolute Gasteiger partial charge is 0.311 e. The predicted octanol–water partition coefficient (Wildman–Crippen LogP) is 2.44. The Balaban J connectivity index is 1.53. The molecule has 1 saturated heterocycles. The molecule has 3 rings (SSSR count). The van der Waals surface area contributed by atoms with Gasteiger partial charge in [0.15, 0.2) is 0 Å². The molecule has 0 radical (unpaired) electrons. The lowest BCUT2D eigenvalue weighted by atomic mass is 9.81. The first-order valence-electron chi connectivity index (χ1n) is 7.36. The highest BCUT2D eigenvalue weighted by Gasteiger charge is 2.38. The fourth-order valence-corrected chi connectivity index (χ4v) is 4.06. The summed E-state index contributed by atoms with van der Waals surface area (Å²) in [6.45, 7) is 2.46. The highest BCUT2D eigenvalue weighted by Crippen LogP contribution is 2.33. The van der Waals surface area contributed by atoms with Crippen molar-refractivity contribution in [3.05, 3.63) is 0 Å². The van der Waals surface area contributed by atoms with Crippen LogP contribution in [0.2, 0.25) is 0 Å². The van der Waals surface area contributed by atoms with Crippen molar-refractivity contribution in [1.29, 1.82) is 0 Å². The van der Waals surface area contributed by atoms with Crippen molar-refractivity contribution in [1.82, 2.24) is 10.6 Å². The first kappa shape index (κ1) is 11.0. The molecule has 1 unspecified atom stereocenters. The second-order valence-electron chi connectivity index (χ2n) is 6.25. The summed E-state index contributed by atoms with van der Waals surface area (Å²) < 4.78 is 0. The fourth-order valence-electron chi connectivity index (χ4n) is 4.06. The summed E-state index contributed by atoms with van der Waals surface area (Å²) in [5, 5.41) is 7.74. The summed E-state index contributed by atoms with van der Waals surface area (Å²) in [7, 11) is 0. The minimum atomic E-state index is 0.491. The van der Waals surface area contributed by atoms with E-state index < -0.39 is 0 Å². The molecular formula is C14H26N2. The molecule has 1 spiro atoms. The van der Waals surface area contributed by atoms with Crippen molar-refractivity contribution in [2.45, 2.75) is 69.4 Å². The van der Waals surface area contributed by atoms with E-state index in [0.717, 1.165) is 12.0 Å². The van der Waals surface area contributed by atoms with Gasteiger partial charge in [0.05, 0.1) is 0 Å². The third kappa shape index (κ3) is 2.14. The van der Waals surface area contributed by atoms with Gasteiger partial charge in [-0.3, -0.25) is 0 Å². The zero-order valence-corrected chi connectivity index (χ0v) is 10.4. The van der Waals surface area contributed by atoms with E-state index in [1.807, 2.05) is 0 Å². The van der Waals surface area contributed by atoms with Gasteiger partial charge < -0.3 is 10.6 Å². The first-order chi connectivity index (χ1) is 7.88. The molecule has 2 nitrogen and oxygen atoms in total. The molecule has 2 heteroatoms. The third-order valence-corrected chi connectivity index (χ3v) is 5.18. The van der Waals surface area contributed by atoms with Gasteiger partial charge in [-0.15, -0.1) is 0 Å². The highest BCUT2D eigenvalue weighted by atomic mass is 15.1. The lowest BCUT2D eigenvalue weighted by Gasteiger charge is -2.43. The van der Waals surface area contributed by atoms with Crippen molar-refractivity contribution in [3.8, 4) is 0 Å². The van der Waals surface area contributed by atoms with Gasteiger partial charge in [0.1, 0.15) is 0 Å². The van der Waals surface area contributed by atoms with E-state index in [2.05, 4.69) is 10.6 Å². The Labute approximate surface area is 99.6 Å². The Kier molecular flexibility index (Phi) is 3.21. The van der Waals surface area contributed by atoms with Gasteiger partial charge in [0, 0.05) is 24.7 Å². The monoisotopic (exact) mass is 222 g/mol. The molecule has 3 fully saturated rings. The number of piperazine rings is 1. The van der Waals surface area contributed by atoms with E-state index in [1.165, 1.54) is 70.9 Å². The molecule has 1 atom stereocenters. The quantitative estimate of drug-likeness (QED) is 0.712. The van der Waals surface area contributed by atoms with Crippen LogP contribution in [0.15, 0.2) is 0 Å². The van der Waals surface area contributed by atoms with E-state index >= 15 is 0 Å².